The number of hydrogen-bond donors (Lipinski definition) is 0. The molecular weight excluding hydrogens is 277 g/mol. The van der Waals surface area contributed by atoms with Crippen LogP contribution in [0.25, 0.3) is 5.65 Å². The highest BCUT2D eigenvalue weighted by atomic mass is 19.4. The smallest absolute Gasteiger partial charge is 0.422 e. The van der Waals surface area contributed by atoms with Gasteiger partial charge in [-0.3, -0.25) is 0 Å². The Morgan fingerprint density at radius 2 is 2.10 bits per heavy atom. The lowest BCUT2D eigenvalue weighted by atomic mass is 10.4. The molecule has 5 nitrogen and oxygen atoms in total. The van der Waals surface area contributed by atoms with Gasteiger partial charge < -0.3 is 13.9 Å². The third kappa shape index (κ3) is 3.40. The lowest BCUT2D eigenvalue weighted by molar-refractivity contribution is -0.153. The zero-order valence-corrected chi connectivity index (χ0v) is 10.5. The third-order valence-electron chi connectivity index (χ3n) is 2.31. The summed E-state index contributed by atoms with van der Waals surface area (Å²) in [4.78, 5) is 15.5. The second-order valence-electron chi connectivity index (χ2n) is 3.88. The summed E-state index contributed by atoms with van der Waals surface area (Å²) in [6.45, 7) is 0.501. The molecule has 2 rings (SSSR count). The second-order valence-corrected chi connectivity index (χ2v) is 3.88. The van der Waals surface area contributed by atoms with Crippen LogP contribution >= 0.6 is 0 Å². The minimum absolute atomic E-state index is 0.0302. The van der Waals surface area contributed by atoms with Crippen molar-refractivity contribution in [1.82, 2.24) is 9.38 Å². The summed E-state index contributed by atoms with van der Waals surface area (Å²) in [5, 5.41) is 0. The van der Waals surface area contributed by atoms with Gasteiger partial charge in [0.2, 0.25) is 0 Å². The van der Waals surface area contributed by atoms with Gasteiger partial charge in [-0.2, -0.15) is 13.2 Å². The molecule has 0 fully saturated rings. The molecule has 0 aliphatic heterocycles. The normalized spacial score (nSPS) is 11.6. The highest BCUT2D eigenvalue weighted by molar-refractivity contribution is 5.87. The number of alkyl halides is 3. The highest BCUT2D eigenvalue weighted by Gasteiger charge is 2.28. The Balaban J connectivity index is 2.19. The van der Waals surface area contributed by atoms with E-state index in [4.69, 9.17) is 4.74 Å². The summed E-state index contributed by atoms with van der Waals surface area (Å²) in [6, 6.07) is 2.80. The average molecular weight is 288 g/mol. The van der Waals surface area contributed by atoms with Crippen LogP contribution in [0.5, 0.6) is 5.75 Å². The maximum absolute atomic E-state index is 12.0. The van der Waals surface area contributed by atoms with Crippen LogP contribution < -0.4 is 4.74 Å². The van der Waals surface area contributed by atoms with Gasteiger partial charge in [0.05, 0.1) is 12.8 Å². The first kappa shape index (κ1) is 14.2. The summed E-state index contributed by atoms with van der Waals surface area (Å²) in [5.41, 5.74) is 0.493. The van der Waals surface area contributed by atoms with Crippen molar-refractivity contribution in [3.8, 4) is 5.75 Å². The largest absolute Gasteiger partial charge is 0.483 e. The first-order valence-electron chi connectivity index (χ1n) is 5.74. The van der Waals surface area contributed by atoms with Gasteiger partial charge in [-0.05, 0) is 19.1 Å². The fourth-order valence-corrected chi connectivity index (χ4v) is 1.53. The predicted molar refractivity (Wildman–Crippen MR) is 62.7 cm³/mol. The molecule has 0 bridgehead atoms. The molecule has 0 saturated carbocycles. The van der Waals surface area contributed by atoms with Gasteiger partial charge in [0, 0.05) is 6.20 Å². The predicted octanol–water partition coefficient (Wildman–Crippen LogP) is 2.45. The molecule has 0 unspecified atom stereocenters. The fourth-order valence-electron chi connectivity index (χ4n) is 1.53. The van der Waals surface area contributed by atoms with Crippen molar-refractivity contribution in [3.63, 3.8) is 0 Å². The molecule has 2 aromatic rings. The van der Waals surface area contributed by atoms with Gasteiger partial charge in [0.25, 0.3) is 0 Å². The number of halogens is 3. The van der Waals surface area contributed by atoms with E-state index in [9.17, 15) is 18.0 Å². The molecule has 0 radical (unpaired) electrons. The standard InChI is InChI=1S/C12H11F3N2O3/c1-2-19-11(18)9-6-17-5-8(3-4-10(17)16-9)20-7-12(13,14)15/h3-6H,2,7H2,1H3. The highest BCUT2D eigenvalue weighted by Crippen LogP contribution is 2.19. The van der Waals surface area contributed by atoms with Crippen LogP contribution in [0, 0.1) is 0 Å². The number of ether oxygens (including phenoxy) is 2. The Morgan fingerprint density at radius 1 is 1.35 bits per heavy atom. The Morgan fingerprint density at radius 3 is 2.75 bits per heavy atom. The van der Waals surface area contributed by atoms with Gasteiger partial charge in [-0.15, -0.1) is 0 Å². The quantitative estimate of drug-likeness (QED) is 0.811. The zero-order valence-electron chi connectivity index (χ0n) is 10.5. The van der Waals surface area contributed by atoms with E-state index < -0.39 is 18.8 Å². The molecule has 8 heteroatoms. The van der Waals surface area contributed by atoms with Crippen LogP contribution in [0.15, 0.2) is 24.5 Å². The summed E-state index contributed by atoms with van der Waals surface area (Å²) >= 11 is 0. The van der Waals surface area contributed by atoms with E-state index in [0.717, 1.165) is 0 Å². The number of esters is 1. The molecule has 0 aliphatic rings. The topological polar surface area (TPSA) is 52.8 Å². The summed E-state index contributed by atoms with van der Waals surface area (Å²) < 4.78 is 46.9. The van der Waals surface area contributed by atoms with Gasteiger partial charge >= 0.3 is 12.1 Å². The molecule has 108 valence electrons. The third-order valence-corrected chi connectivity index (χ3v) is 2.31. The van der Waals surface area contributed by atoms with Crippen molar-refractivity contribution in [3.05, 3.63) is 30.2 Å². The molecule has 0 saturated heterocycles. The molecule has 20 heavy (non-hydrogen) atoms. The minimum Gasteiger partial charge on any atom is -0.483 e. The second kappa shape index (κ2) is 5.40. The maximum atomic E-state index is 12.0. The Labute approximate surface area is 111 Å². The van der Waals surface area contributed by atoms with E-state index in [0.29, 0.717) is 5.65 Å². The van der Waals surface area contributed by atoms with E-state index in [1.54, 1.807) is 6.92 Å². The number of carbonyl (C=O) groups is 1. The van der Waals surface area contributed by atoms with E-state index >= 15 is 0 Å². The van der Waals surface area contributed by atoms with Gasteiger partial charge in [-0.1, -0.05) is 0 Å². The number of fused-ring (bicyclic) bond motifs is 1. The van der Waals surface area contributed by atoms with Crippen molar-refractivity contribution in [1.29, 1.82) is 0 Å². The van der Waals surface area contributed by atoms with Crippen molar-refractivity contribution in [2.24, 2.45) is 0 Å². The summed E-state index contributed by atoms with van der Waals surface area (Å²) in [6.07, 6.45) is -1.72. The lowest BCUT2D eigenvalue weighted by Crippen LogP contribution is -2.19. The fraction of sp³-hybridized carbons (Fsp3) is 0.333. The molecule has 2 heterocycles. The number of pyridine rings is 1. The van der Waals surface area contributed by atoms with Gasteiger partial charge in [0.1, 0.15) is 11.4 Å². The Kier molecular flexibility index (Phi) is 3.82. The Bertz CT molecular complexity index is 622. The SMILES string of the molecule is CCOC(=O)c1cn2cc(OCC(F)(F)F)ccc2n1. The molecule has 0 spiro atoms. The number of carbonyl (C=O) groups excluding carboxylic acids is 1. The van der Waals surface area contributed by atoms with Crippen LogP contribution in [0.1, 0.15) is 17.4 Å². The molecule has 0 aliphatic carbocycles. The van der Waals surface area contributed by atoms with E-state index in [-0.39, 0.29) is 18.1 Å². The van der Waals surface area contributed by atoms with E-state index in [1.165, 1.54) is 28.9 Å². The Hall–Kier alpha value is -2.25. The molecule has 0 atom stereocenters. The van der Waals surface area contributed by atoms with Crippen LogP contribution in [-0.2, 0) is 4.74 Å². The summed E-state index contributed by atoms with van der Waals surface area (Å²) in [7, 11) is 0. The van der Waals surface area contributed by atoms with Crippen LogP contribution in [0.4, 0.5) is 13.2 Å². The lowest BCUT2D eigenvalue weighted by Gasteiger charge is -2.08. The minimum atomic E-state index is -4.40. The first-order valence-corrected chi connectivity index (χ1v) is 5.74. The monoisotopic (exact) mass is 288 g/mol. The average Bonchev–Trinajstić information content (AvgIpc) is 2.78. The number of rotatable bonds is 4. The molecular formula is C12H11F3N2O3. The van der Waals surface area contributed by atoms with Crippen molar-refractivity contribution < 1.29 is 27.4 Å². The number of nitrogens with zero attached hydrogens (tertiary/aromatic N) is 2. The molecule has 0 N–H and O–H groups in total. The van der Waals surface area contributed by atoms with Crippen LogP contribution in [-0.4, -0.2) is 34.7 Å². The van der Waals surface area contributed by atoms with Gasteiger partial charge in [0.15, 0.2) is 12.3 Å². The van der Waals surface area contributed by atoms with Crippen molar-refractivity contribution in [2.45, 2.75) is 13.1 Å². The van der Waals surface area contributed by atoms with Crippen molar-refractivity contribution in [2.75, 3.05) is 13.2 Å². The van der Waals surface area contributed by atoms with Crippen molar-refractivity contribution >= 4 is 11.6 Å². The van der Waals surface area contributed by atoms with Crippen LogP contribution in [0.3, 0.4) is 0 Å². The zero-order chi connectivity index (χ0) is 14.8. The summed E-state index contributed by atoms with van der Waals surface area (Å²) in [5.74, 6) is -0.559. The van der Waals surface area contributed by atoms with E-state index in [2.05, 4.69) is 9.72 Å². The first-order chi connectivity index (χ1) is 9.39. The van der Waals surface area contributed by atoms with Gasteiger partial charge in [-0.25, -0.2) is 9.78 Å². The number of aromatic nitrogens is 2. The molecule has 0 amide bonds. The maximum Gasteiger partial charge on any atom is 0.422 e. The number of hydrogen-bond acceptors (Lipinski definition) is 4. The van der Waals surface area contributed by atoms with Crippen LogP contribution in [0.2, 0.25) is 0 Å². The number of imidazole rings is 1. The molecule has 2 aromatic heterocycles. The molecule has 0 aromatic carbocycles. The van der Waals surface area contributed by atoms with E-state index in [1.807, 2.05) is 0 Å².